The lowest BCUT2D eigenvalue weighted by Crippen LogP contribution is -2.39. The van der Waals surface area contributed by atoms with Crippen LogP contribution in [0.5, 0.6) is 5.75 Å². The van der Waals surface area contributed by atoms with Gasteiger partial charge in [-0.15, -0.1) is 0 Å². The molecule has 0 radical (unpaired) electrons. The molecule has 1 aliphatic carbocycles. The number of ether oxygens (including phenoxy) is 1. The summed E-state index contributed by atoms with van der Waals surface area (Å²) in [5.41, 5.74) is 0. The maximum Gasteiger partial charge on any atom is 0.225 e. The van der Waals surface area contributed by atoms with Crippen molar-refractivity contribution in [3.63, 3.8) is 0 Å². The van der Waals surface area contributed by atoms with Gasteiger partial charge in [-0.25, -0.2) is 0 Å². The number of benzene rings is 1. The number of carbonyl (C=O) groups is 1. The minimum atomic E-state index is -0.498. The Labute approximate surface area is 124 Å². The number of rotatable bonds is 5. The third-order valence-corrected chi connectivity index (χ3v) is 3.78. The van der Waals surface area contributed by atoms with E-state index in [0.717, 1.165) is 25.0 Å². The molecule has 1 fully saturated rings. The SMILES string of the molecule is CC(CNC(=O)C1CCCC1O)Oc1ccc(Cl)cc1. The Bertz CT molecular complexity index is 449. The number of aliphatic hydroxyl groups excluding tert-OH is 1. The lowest BCUT2D eigenvalue weighted by Gasteiger charge is -2.18. The maximum atomic E-state index is 11.9. The summed E-state index contributed by atoms with van der Waals surface area (Å²) in [5.74, 6) is 0.372. The first-order valence-electron chi connectivity index (χ1n) is 6.94. The highest BCUT2D eigenvalue weighted by molar-refractivity contribution is 6.30. The Hall–Kier alpha value is -1.26. The number of halogens is 1. The van der Waals surface area contributed by atoms with E-state index in [-0.39, 0.29) is 17.9 Å². The zero-order valence-electron chi connectivity index (χ0n) is 11.5. The molecular formula is C15H20ClNO3. The molecule has 1 aliphatic rings. The molecule has 0 saturated heterocycles. The van der Waals surface area contributed by atoms with Crippen molar-refractivity contribution in [2.75, 3.05) is 6.54 Å². The first kappa shape index (κ1) is 15.1. The van der Waals surface area contributed by atoms with Crippen LogP contribution in [-0.2, 0) is 4.79 Å². The number of amides is 1. The molecular weight excluding hydrogens is 278 g/mol. The first-order chi connectivity index (χ1) is 9.56. The molecule has 2 rings (SSSR count). The third-order valence-electron chi connectivity index (χ3n) is 3.53. The monoisotopic (exact) mass is 297 g/mol. The Balaban J connectivity index is 1.76. The van der Waals surface area contributed by atoms with Gasteiger partial charge in [0.2, 0.25) is 5.91 Å². The molecule has 4 nitrogen and oxygen atoms in total. The molecule has 0 aromatic heterocycles. The van der Waals surface area contributed by atoms with Crippen LogP contribution in [-0.4, -0.2) is 29.8 Å². The van der Waals surface area contributed by atoms with Crippen molar-refractivity contribution in [2.24, 2.45) is 5.92 Å². The van der Waals surface area contributed by atoms with Crippen molar-refractivity contribution in [3.05, 3.63) is 29.3 Å². The molecule has 20 heavy (non-hydrogen) atoms. The summed E-state index contributed by atoms with van der Waals surface area (Å²) in [6.07, 6.45) is 1.76. The minimum Gasteiger partial charge on any atom is -0.489 e. The van der Waals surface area contributed by atoms with Gasteiger partial charge in [-0.3, -0.25) is 4.79 Å². The fourth-order valence-corrected chi connectivity index (χ4v) is 2.53. The highest BCUT2D eigenvalue weighted by Gasteiger charge is 2.31. The largest absolute Gasteiger partial charge is 0.489 e. The number of carbonyl (C=O) groups excluding carboxylic acids is 1. The van der Waals surface area contributed by atoms with Gasteiger partial charge >= 0.3 is 0 Å². The van der Waals surface area contributed by atoms with Crippen LogP contribution < -0.4 is 10.1 Å². The van der Waals surface area contributed by atoms with Gasteiger partial charge < -0.3 is 15.2 Å². The molecule has 5 heteroatoms. The van der Waals surface area contributed by atoms with Crippen LogP contribution in [0.15, 0.2) is 24.3 Å². The van der Waals surface area contributed by atoms with E-state index in [1.807, 2.05) is 6.92 Å². The van der Waals surface area contributed by atoms with Gasteiger partial charge in [0.1, 0.15) is 11.9 Å². The Morgan fingerprint density at radius 2 is 2.15 bits per heavy atom. The average Bonchev–Trinajstić information content (AvgIpc) is 2.85. The molecule has 110 valence electrons. The van der Waals surface area contributed by atoms with Crippen molar-refractivity contribution in [2.45, 2.75) is 38.4 Å². The predicted molar refractivity (Wildman–Crippen MR) is 77.9 cm³/mol. The number of hydrogen-bond donors (Lipinski definition) is 2. The van der Waals surface area contributed by atoms with Gasteiger partial charge in [0.25, 0.3) is 0 Å². The first-order valence-corrected chi connectivity index (χ1v) is 7.32. The van der Waals surface area contributed by atoms with Gasteiger partial charge in [0.15, 0.2) is 0 Å². The van der Waals surface area contributed by atoms with Gasteiger partial charge in [-0.05, 0) is 50.5 Å². The molecule has 0 aliphatic heterocycles. The van der Waals surface area contributed by atoms with E-state index in [4.69, 9.17) is 16.3 Å². The third kappa shape index (κ3) is 4.12. The van der Waals surface area contributed by atoms with Gasteiger partial charge in [0, 0.05) is 5.02 Å². The highest BCUT2D eigenvalue weighted by atomic mass is 35.5. The van der Waals surface area contributed by atoms with E-state index >= 15 is 0 Å². The van der Waals surface area contributed by atoms with Crippen LogP contribution in [0.25, 0.3) is 0 Å². The van der Waals surface area contributed by atoms with Crippen molar-refractivity contribution >= 4 is 17.5 Å². The van der Waals surface area contributed by atoms with Crippen LogP contribution in [0.4, 0.5) is 0 Å². The van der Waals surface area contributed by atoms with E-state index in [9.17, 15) is 9.90 Å². The molecule has 3 atom stereocenters. The van der Waals surface area contributed by atoms with Crippen molar-refractivity contribution in [1.29, 1.82) is 0 Å². The predicted octanol–water partition coefficient (Wildman–Crippen LogP) is 2.38. The zero-order chi connectivity index (χ0) is 14.5. The van der Waals surface area contributed by atoms with E-state index in [2.05, 4.69) is 5.32 Å². The van der Waals surface area contributed by atoms with Gasteiger partial charge in [0.05, 0.1) is 18.6 Å². The fraction of sp³-hybridized carbons (Fsp3) is 0.533. The van der Waals surface area contributed by atoms with Crippen molar-refractivity contribution in [3.8, 4) is 5.75 Å². The summed E-state index contributed by atoms with van der Waals surface area (Å²) < 4.78 is 5.67. The summed E-state index contributed by atoms with van der Waals surface area (Å²) >= 11 is 5.80. The topological polar surface area (TPSA) is 58.6 Å². The quantitative estimate of drug-likeness (QED) is 0.877. The smallest absolute Gasteiger partial charge is 0.225 e. The van der Waals surface area contributed by atoms with Crippen LogP contribution in [0.3, 0.4) is 0 Å². The Morgan fingerprint density at radius 3 is 2.75 bits per heavy atom. The second-order valence-corrected chi connectivity index (χ2v) is 5.67. The van der Waals surface area contributed by atoms with Gasteiger partial charge in [-0.1, -0.05) is 11.6 Å². The van der Waals surface area contributed by atoms with E-state index in [1.54, 1.807) is 24.3 Å². The average molecular weight is 298 g/mol. The molecule has 1 saturated carbocycles. The highest BCUT2D eigenvalue weighted by Crippen LogP contribution is 2.25. The van der Waals surface area contributed by atoms with Crippen LogP contribution in [0.1, 0.15) is 26.2 Å². The number of nitrogens with one attached hydrogen (secondary N) is 1. The number of hydrogen-bond acceptors (Lipinski definition) is 3. The molecule has 3 unspecified atom stereocenters. The van der Waals surface area contributed by atoms with E-state index in [0.29, 0.717) is 11.6 Å². The maximum absolute atomic E-state index is 11.9. The molecule has 0 bridgehead atoms. The standard InChI is InChI=1S/C15H20ClNO3/c1-10(20-12-7-5-11(16)6-8-12)9-17-15(19)13-3-2-4-14(13)18/h5-8,10,13-14,18H,2-4,9H2,1H3,(H,17,19). The summed E-state index contributed by atoms with van der Waals surface area (Å²) in [7, 11) is 0. The van der Waals surface area contributed by atoms with E-state index in [1.165, 1.54) is 0 Å². The lowest BCUT2D eigenvalue weighted by atomic mass is 10.1. The second-order valence-electron chi connectivity index (χ2n) is 5.23. The molecule has 1 aromatic carbocycles. The number of aliphatic hydroxyl groups is 1. The summed E-state index contributed by atoms with van der Waals surface area (Å²) in [6.45, 7) is 2.31. The van der Waals surface area contributed by atoms with Gasteiger partial charge in [-0.2, -0.15) is 0 Å². The Morgan fingerprint density at radius 1 is 1.45 bits per heavy atom. The van der Waals surface area contributed by atoms with Crippen molar-refractivity contribution in [1.82, 2.24) is 5.32 Å². The summed E-state index contributed by atoms with van der Waals surface area (Å²) in [4.78, 5) is 11.9. The fourth-order valence-electron chi connectivity index (χ4n) is 2.41. The molecule has 2 N–H and O–H groups in total. The normalized spacial score (nSPS) is 23.4. The second kappa shape index (κ2) is 6.95. The molecule has 0 heterocycles. The Kier molecular flexibility index (Phi) is 5.26. The minimum absolute atomic E-state index is 0.0819. The molecule has 1 aromatic rings. The zero-order valence-corrected chi connectivity index (χ0v) is 12.3. The van der Waals surface area contributed by atoms with Crippen molar-refractivity contribution < 1.29 is 14.6 Å². The molecule has 0 spiro atoms. The summed E-state index contributed by atoms with van der Waals surface area (Å²) in [6, 6.07) is 7.11. The molecule has 1 amide bonds. The van der Waals surface area contributed by atoms with Crippen LogP contribution in [0.2, 0.25) is 5.02 Å². The van der Waals surface area contributed by atoms with Crippen LogP contribution in [0, 0.1) is 5.92 Å². The van der Waals surface area contributed by atoms with E-state index < -0.39 is 6.10 Å². The lowest BCUT2D eigenvalue weighted by molar-refractivity contribution is -0.127. The van der Waals surface area contributed by atoms with Crippen LogP contribution >= 0.6 is 11.6 Å². The summed E-state index contributed by atoms with van der Waals surface area (Å²) in [5, 5.41) is 13.2.